The van der Waals surface area contributed by atoms with Crippen LogP contribution in [0.3, 0.4) is 0 Å². The van der Waals surface area contributed by atoms with Crippen LogP contribution >= 0.6 is 15.9 Å². The molecular formula is C12H17BrFN. The molecule has 0 heterocycles. The molecule has 3 heteroatoms. The van der Waals surface area contributed by atoms with Gasteiger partial charge in [-0.2, -0.15) is 0 Å². The summed E-state index contributed by atoms with van der Waals surface area (Å²) in [5.41, 5.74) is 0.773. The van der Waals surface area contributed by atoms with E-state index in [0.29, 0.717) is 5.92 Å². The maximum Gasteiger partial charge on any atom is 0.127 e. The Morgan fingerprint density at radius 1 is 1.40 bits per heavy atom. The van der Waals surface area contributed by atoms with Gasteiger partial charge in [0.2, 0.25) is 0 Å². The van der Waals surface area contributed by atoms with Crippen molar-refractivity contribution in [2.24, 2.45) is 5.92 Å². The van der Waals surface area contributed by atoms with E-state index in [9.17, 15) is 4.39 Å². The normalized spacial score (nSPS) is 11.0. The summed E-state index contributed by atoms with van der Waals surface area (Å²) in [4.78, 5) is 0. The first-order valence-electron chi connectivity index (χ1n) is 5.24. The summed E-state index contributed by atoms with van der Waals surface area (Å²) in [5.74, 6) is 0.510. The highest BCUT2D eigenvalue weighted by atomic mass is 79.9. The Balaban J connectivity index is 2.37. The van der Waals surface area contributed by atoms with Crippen molar-refractivity contribution < 1.29 is 4.39 Å². The lowest BCUT2D eigenvalue weighted by Crippen LogP contribution is -2.22. The van der Waals surface area contributed by atoms with E-state index in [1.165, 1.54) is 6.07 Å². The summed E-state index contributed by atoms with van der Waals surface area (Å²) in [5, 5.41) is 3.30. The van der Waals surface area contributed by atoms with Gasteiger partial charge in [0.15, 0.2) is 0 Å². The molecule has 1 aromatic carbocycles. The highest BCUT2D eigenvalue weighted by Crippen LogP contribution is 2.15. The maximum absolute atomic E-state index is 13.4. The molecule has 0 aliphatic heterocycles. The van der Waals surface area contributed by atoms with Gasteiger partial charge in [0.1, 0.15) is 5.82 Å². The monoisotopic (exact) mass is 273 g/mol. The number of hydrogen-bond acceptors (Lipinski definition) is 1. The average molecular weight is 274 g/mol. The number of hydrogen-bond donors (Lipinski definition) is 1. The molecule has 0 saturated heterocycles. The minimum atomic E-state index is -0.129. The van der Waals surface area contributed by atoms with Crippen LogP contribution in [-0.4, -0.2) is 13.1 Å². The van der Waals surface area contributed by atoms with Gasteiger partial charge >= 0.3 is 0 Å². The second-order valence-electron chi connectivity index (χ2n) is 4.08. The van der Waals surface area contributed by atoms with E-state index in [1.54, 1.807) is 0 Å². The van der Waals surface area contributed by atoms with E-state index >= 15 is 0 Å². The van der Waals surface area contributed by atoms with Gasteiger partial charge in [-0.25, -0.2) is 4.39 Å². The lowest BCUT2D eigenvalue weighted by molar-refractivity contribution is 0.546. The van der Waals surface area contributed by atoms with Gasteiger partial charge in [0.25, 0.3) is 0 Å². The molecule has 1 N–H and O–H groups in total. The van der Waals surface area contributed by atoms with E-state index in [-0.39, 0.29) is 5.82 Å². The van der Waals surface area contributed by atoms with Crippen LogP contribution in [-0.2, 0) is 6.42 Å². The molecule has 0 aromatic heterocycles. The summed E-state index contributed by atoms with van der Waals surface area (Å²) in [7, 11) is 0. The van der Waals surface area contributed by atoms with Crippen molar-refractivity contribution in [3.05, 3.63) is 34.1 Å². The third kappa shape index (κ3) is 4.76. The SMILES string of the molecule is CC(C)CNCCc1ccc(Br)cc1F. The van der Waals surface area contributed by atoms with Crippen LogP contribution in [0.1, 0.15) is 19.4 Å². The highest BCUT2D eigenvalue weighted by molar-refractivity contribution is 9.10. The Labute approximate surface area is 99.2 Å². The van der Waals surface area contributed by atoms with Crippen molar-refractivity contribution >= 4 is 15.9 Å². The van der Waals surface area contributed by atoms with Crippen LogP contribution in [0.2, 0.25) is 0 Å². The average Bonchev–Trinajstić information content (AvgIpc) is 2.14. The van der Waals surface area contributed by atoms with Crippen molar-refractivity contribution in [2.45, 2.75) is 20.3 Å². The molecule has 0 aliphatic carbocycles. The van der Waals surface area contributed by atoms with E-state index in [4.69, 9.17) is 0 Å². The zero-order chi connectivity index (χ0) is 11.3. The van der Waals surface area contributed by atoms with Crippen LogP contribution in [0, 0.1) is 11.7 Å². The first kappa shape index (κ1) is 12.7. The summed E-state index contributed by atoms with van der Waals surface area (Å²) >= 11 is 3.24. The molecule has 0 spiro atoms. The van der Waals surface area contributed by atoms with Gasteiger partial charge in [-0.1, -0.05) is 35.8 Å². The topological polar surface area (TPSA) is 12.0 Å². The predicted molar refractivity (Wildman–Crippen MR) is 65.5 cm³/mol. The number of halogens is 2. The van der Waals surface area contributed by atoms with Crippen molar-refractivity contribution in [1.29, 1.82) is 0 Å². The Morgan fingerprint density at radius 3 is 2.73 bits per heavy atom. The van der Waals surface area contributed by atoms with Gasteiger partial charge in [0, 0.05) is 4.47 Å². The largest absolute Gasteiger partial charge is 0.316 e. The molecule has 0 unspecified atom stereocenters. The van der Waals surface area contributed by atoms with E-state index in [0.717, 1.165) is 29.5 Å². The number of rotatable bonds is 5. The van der Waals surface area contributed by atoms with E-state index in [1.807, 2.05) is 12.1 Å². The van der Waals surface area contributed by atoms with Crippen LogP contribution in [0.4, 0.5) is 4.39 Å². The first-order chi connectivity index (χ1) is 7.09. The number of benzene rings is 1. The van der Waals surface area contributed by atoms with Crippen molar-refractivity contribution in [3.63, 3.8) is 0 Å². The molecule has 0 fully saturated rings. The Bertz CT molecular complexity index is 312. The molecule has 0 bridgehead atoms. The highest BCUT2D eigenvalue weighted by Gasteiger charge is 2.02. The van der Waals surface area contributed by atoms with Gasteiger partial charge in [-0.3, -0.25) is 0 Å². The minimum Gasteiger partial charge on any atom is -0.316 e. The van der Waals surface area contributed by atoms with Crippen molar-refractivity contribution in [1.82, 2.24) is 5.32 Å². The van der Waals surface area contributed by atoms with Gasteiger partial charge in [-0.05, 0) is 43.1 Å². The zero-order valence-corrected chi connectivity index (χ0v) is 10.8. The fourth-order valence-electron chi connectivity index (χ4n) is 1.34. The molecule has 0 radical (unpaired) electrons. The van der Waals surface area contributed by atoms with Crippen molar-refractivity contribution in [3.8, 4) is 0 Å². The fourth-order valence-corrected chi connectivity index (χ4v) is 1.67. The van der Waals surface area contributed by atoms with Crippen LogP contribution in [0.15, 0.2) is 22.7 Å². The van der Waals surface area contributed by atoms with Crippen molar-refractivity contribution in [2.75, 3.05) is 13.1 Å². The molecule has 0 aliphatic rings. The second-order valence-corrected chi connectivity index (χ2v) is 5.00. The predicted octanol–water partition coefficient (Wildman–Crippen LogP) is 3.38. The van der Waals surface area contributed by atoms with Crippen LogP contribution in [0.5, 0.6) is 0 Å². The smallest absolute Gasteiger partial charge is 0.127 e. The van der Waals surface area contributed by atoms with E-state index in [2.05, 4.69) is 35.1 Å². The summed E-state index contributed by atoms with van der Waals surface area (Å²) < 4.78 is 14.2. The van der Waals surface area contributed by atoms with Gasteiger partial charge in [0.05, 0.1) is 0 Å². The minimum absolute atomic E-state index is 0.129. The third-order valence-corrected chi connectivity index (χ3v) is 2.63. The first-order valence-corrected chi connectivity index (χ1v) is 6.03. The molecule has 1 aromatic rings. The quantitative estimate of drug-likeness (QED) is 0.812. The molecule has 1 nitrogen and oxygen atoms in total. The molecule has 1 rings (SSSR count). The maximum atomic E-state index is 13.4. The second kappa shape index (κ2) is 6.23. The lowest BCUT2D eigenvalue weighted by atomic mass is 10.1. The Kier molecular flexibility index (Phi) is 5.26. The lowest BCUT2D eigenvalue weighted by Gasteiger charge is -2.08. The summed E-state index contributed by atoms with van der Waals surface area (Å²) in [6, 6.07) is 5.22. The third-order valence-electron chi connectivity index (χ3n) is 2.14. The summed E-state index contributed by atoms with van der Waals surface area (Å²) in [6.45, 7) is 6.13. The standard InChI is InChI=1S/C12H17BrFN/c1-9(2)8-15-6-5-10-3-4-11(13)7-12(10)14/h3-4,7,9,15H,5-6,8H2,1-2H3. The molecule has 84 valence electrons. The molecule has 15 heavy (non-hydrogen) atoms. The summed E-state index contributed by atoms with van der Waals surface area (Å²) in [6.07, 6.45) is 0.742. The van der Waals surface area contributed by atoms with Gasteiger partial charge in [-0.15, -0.1) is 0 Å². The zero-order valence-electron chi connectivity index (χ0n) is 9.19. The number of nitrogens with one attached hydrogen (secondary N) is 1. The molecule has 0 atom stereocenters. The molecule has 0 amide bonds. The fraction of sp³-hybridized carbons (Fsp3) is 0.500. The molecular weight excluding hydrogens is 257 g/mol. The molecule has 0 saturated carbocycles. The van der Waals surface area contributed by atoms with Crippen LogP contribution < -0.4 is 5.32 Å². The van der Waals surface area contributed by atoms with Crippen LogP contribution in [0.25, 0.3) is 0 Å². The van der Waals surface area contributed by atoms with E-state index < -0.39 is 0 Å². The Hall–Kier alpha value is -0.410. The van der Waals surface area contributed by atoms with Gasteiger partial charge < -0.3 is 5.32 Å². The Morgan fingerprint density at radius 2 is 2.13 bits per heavy atom.